The predicted molar refractivity (Wildman–Crippen MR) is 84.6 cm³/mol. The standard InChI is InChI=1S/C14H16Cl2N2S/c1-3-11-6-10(8-15)7-14(17-11)18(2)9-12-4-5-13(16)19-12/h4-7H,3,8-9H2,1-2H3. The minimum atomic E-state index is 0.515. The Hall–Kier alpha value is -0.770. The summed E-state index contributed by atoms with van der Waals surface area (Å²) in [5, 5.41) is 0. The normalized spacial score (nSPS) is 10.7. The number of nitrogens with zero attached hydrogens (tertiary/aromatic N) is 2. The maximum absolute atomic E-state index is 5.95. The largest absolute Gasteiger partial charge is 0.355 e. The molecule has 5 heteroatoms. The van der Waals surface area contributed by atoms with E-state index >= 15 is 0 Å². The third-order valence-corrected chi connectivity index (χ3v) is 4.38. The van der Waals surface area contributed by atoms with Crippen LogP contribution in [0.1, 0.15) is 23.1 Å². The quantitative estimate of drug-likeness (QED) is 0.741. The average Bonchev–Trinajstić information content (AvgIpc) is 2.83. The third kappa shape index (κ3) is 3.85. The van der Waals surface area contributed by atoms with Crippen molar-refractivity contribution < 1.29 is 0 Å². The molecule has 0 aromatic carbocycles. The van der Waals surface area contributed by atoms with E-state index in [-0.39, 0.29) is 0 Å². The second-order valence-electron chi connectivity index (χ2n) is 4.37. The van der Waals surface area contributed by atoms with E-state index in [2.05, 4.69) is 28.9 Å². The van der Waals surface area contributed by atoms with Crippen LogP contribution in [0.5, 0.6) is 0 Å². The van der Waals surface area contributed by atoms with Crippen molar-refractivity contribution in [3.63, 3.8) is 0 Å². The molecule has 2 aromatic rings. The molecule has 0 aliphatic heterocycles. The van der Waals surface area contributed by atoms with Crippen LogP contribution in [-0.2, 0) is 18.8 Å². The molecule has 0 aliphatic carbocycles. The van der Waals surface area contributed by atoms with E-state index in [1.54, 1.807) is 11.3 Å². The zero-order valence-electron chi connectivity index (χ0n) is 11.0. The van der Waals surface area contributed by atoms with Crippen LogP contribution in [-0.4, -0.2) is 12.0 Å². The number of rotatable bonds is 5. The van der Waals surface area contributed by atoms with Gasteiger partial charge in [-0.3, -0.25) is 0 Å². The Bertz CT molecular complexity index is 532. The number of halogens is 2. The topological polar surface area (TPSA) is 16.1 Å². The number of aromatic nitrogens is 1. The highest BCUT2D eigenvalue weighted by atomic mass is 35.5. The summed E-state index contributed by atoms with van der Waals surface area (Å²) >= 11 is 13.5. The first-order valence-corrected chi connectivity index (χ1v) is 7.86. The summed E-state index contributed by atoms with van der Waals surface area (Å²) in [4.78, 5) is 7.99. The van der Waals surface area contributed by atoms with Crippen LogP contribution >= 0.6 is 34.5 Å². The number of thiophene rings is 1. The van der Waals surface area contributed by atoms with Crippen molar-refractivity contribution in [1.82, 2.24) is 4.98 Å². The van der Waals surface area contributed by atoms with Crippen molar-refractivity contribution >= 4 is 40.4 Å². The van der Waals surface area contributed by atoms with E-state index in [1.807, 2.05) is 19.2 Å². The van der Waals surface area contributed by atoms with Gasteiger partial charge in [-0.05, 0) is 36.2 Å². The smallest absolute Gasteiger partial charge is 0.129 e. The number of aryl methyl sites for hydroxylation is 1. The van der Waals surface area contributed by atoms with Gasteiger partial charge in [0.15, 0.2) is 0 Å². The van der Waals surface area contributed by atoms with Gasteiger partial charge in [0.25, 0.3) is 0 Å². The summed E-state index contributed by atoms with van der Waals surface area (Å²) in [5.41, 5.74) is 2.18. The van der Waals surface area contributed by atoms with Gasteiger partial charge in [-0.25, -0.2) is 4.98 Å². The molecule has 0 saturated carbocycles. The fourth-order valence-electron chi connectivity index (χ4n) is 1.84. The molecule has 19 heavy (non-hydrogen) atoms. The summed E-state index contributed by atoms with van der Waals surface area (Å²) in [6, 6.07) is 8.08. The van der Waals surface area contributed by atoms with Gasteiger partial charge in [0.2, 0.25) is 0 Å². The van der Waals surface area contributed by atoms with Crippen LogP contribution in [0.4, 0.5) is 5.82 Å². The maximum atomic E-state index is 5.95. The Balaban J connectivity index is 2.20. The SMILES string of the molecule is CCc1cc(CCl)cc(N(C)Cc2ccc(Cl)s2)n1. The molecule has 0 spiro atoms. The van der Waals surface area contributed by atoms with Crippen molar-refractivity contribution in [3.05, 3.63) is 44.7 Å². The first-order valence-electron chi connectivity index (χ1n) is 6.13. The van der Waals surface area contributed by atoms with Gasteiger partial charge in [0, 0.05) is 23.5 Å². The molecule has 2 rings (SSSR count). The monoisotopic (exact) mass is 314 g/mol. The van der Waals surface area contributed by atoms with E-state index in [4.69, 9.17) is 23.2 Å². The molecular formula is C14H16Cl2N2S. The van der Waals surface area contributed by atoms with E-state index in [9.17, 15) is 0 Å². The Morgan fingerprint density at radius 2 is 2.11 bits per heavy atom. The summed E-state index contributed by atoms with van der Waals surface area (Å²) in [6.07, 6.45) is 0.913. The number of hydrogen-bond acceptors (Lipinski definition) is 3. The van der Waals surface area contributed by atoms with Gasteiger partial charge in [-0.2, -0.15) is 0 Å². The highest BCUT2D eigenvalue weighted by molar-refractivity contribution is 7.16. The van der Waals surface area contributed by atoms with Crippen molar-refractivity contribution in [1.29, 1.82) is 0 Å². The molecule has 0 amide bonds. The van der Waals surface area contributed by atoms with E-state index in [0.717, 1.165) is 34.4 Å². The molecule has 0 saturated heterocycles. The lowest BCUT2D eigenvalue weighted by Gasteiger charge is -2.19. The van der Waals surface area contributed by atoms with Crippen molar-refractivity contribution in [2.45, 2.75) is 25.8 Å². The van der Waals surface area contributed by atoms with E-state index in [1.165, 1.54) is 4.88 Å². The van der Waals surface area contributed by atoms with Crippen LogP contribution in [0.2, 0.25) is 4.34 Å². The Morgan fingerprint density at radius 3 is 2.68 bits per heavy atom. The number of pyridine rings is 1. The van der Waals surface area contributed by atoms with Gasteiger partial charge in [0.1, 0.15) is 5.82 Å². The second-order valence-corrected chi connectivity index (χ2v) is 6.44. The first-order chi connectivity index (χ1) is 9.12. The van der Waals surface area contributed by atoms with Gasteiger partial charge in [-0.15, -0.1) is 22.9 Å². The highest BCUT2D eigenvalue weighted by Crippen LogP contribution is 2.24. The molecule has 0 N–H and O–H groups in total. The van der Waals surface area contributed by atoms with Gasteiger partial charge in [0.05, 0.1) is 10.9 Å². The lowest BCUT2D eigenvalue weighted by molar-refractivity contribution is 0.891. The molecule has 102 valence electrons. The summed E-state index contributed by atoms with van der Waals surface area (Å²) in [5.74, 6) is 1.47. The summed E-state index contributed by atoms with van der Waals surface area (Å²) < 4.78 is 0.820. The molecule has 0 aliphatic rings. The maximum Gasteiger partial charge on any atom is 0.129 e. The predicted octanol–water partition coefficient (Wildman–Crippen LogP) is 4.73. The molecule has 2 nitrogen and oxygen atoms in total. The number of hydrogen-bond donors (Lipinski definition) is 0. The van der Waals surface area contributed by atoms with E-state index < -0.39 is 0 Å². The summed E-state index contributed by atoms with van der Waals surface area (Å²) in [7, 11) is 2.04. The number of anilines is 1. The van der Waals surface area contributed by atoms with Gasteiger partial charge < -0.3 is 4.90 Å². The van der Waals surface area contributed by atoms with Crippen LogP contribution in [0.3, 0.4) is 0 Å². The van der Waals surface area contributed by atoms with Crippen LogP contribution in [0.25, 0.3) is 0 Å². The second kappa shape index (κ2) is 6.60. The molecule has 0 unspecified atom stereocenters. The molecule has 0 atom stereocenters. The average molecular weight is 315 g/mol. The minimum absolute atomic E-state index is 0.515. The number of alkyl halides is 1. The lowest BCUT2D eigenvalue weighted by atomic mass is 10.2. The van der Waals surface area contributed by atoms with Crippen molar-refractivity contribution in [2.24, 2.45) is 0 Å². The van der Waals surface area contributed by atoms with Crippen LogP contribution < -0.4 is 4.90 Å². The zero-order valence-corrected chi connectivity index (χ0v) is 13.3. The molecular weight excluding hydrogens is 299 g/mol. The van der Waals surface area contributed by atoms with Gasteiger partial charge >= 0.3 is 0 Å². The lowest BCUT2D eigenvalue weighted by Crippen LogP contribution is -2.17. The molecule has 0 bridgehead atoms. The van der Waals surface area contributed by atoms with E-state index in [0.29, 0.717) is 5.88 Å². The Labute approximate surface area is 128 Å². The van der Waals surface area contributed by atoms with Gasteiger partial charge in [-0.1, -0.05) is 18.5 Å². The minimum Gasteiger partial charge on any atom is -0.355 e. The third-order valence-electron chi connectivity index (χ3n) is 2.85. The fourth-order valence-corrected chi connectivity index (χ4v) is 3.13. The molecule has 2 heterocycles. The molecule has 0 fully saturated rings. The fraction of sp³-hybridized carbons (Fsp3) is 0.357. The first kappa shape index (κ1) is 14.6. The summed E-state index contributed by atoms with van der Waals surface area (Å²) in [6.45, 7) is 2.91. The molecule has 2 aromatic heterocycles. The molecule has 0 radical (unpaired) electrons. The zero-order chi connectivity index (χ0) is 13.8. The highest BCUT2D eigenvalue weighted by Gasteiger charge is 2.08. The van der Waals surface area contributed by atoms with Crippen molar-refractivity contribution in [3.8, 4) is 0 Å². The Morgan fingerprint density at radius 1 is 1.32 bits per heavy atom. The van der Waals surface area contributed by atoms with Crippen LogP contribution in [0.15, 0.2) is 24.3 Å². The Kier molecular flexibility index (Phi) is 5.08. The van der Waals surface area contributed by atoms with Crippen molar-refractivity contribution in [2.75, 3.05) is 11.9 Å². The van der Waals surface area contributed by atoms with Crippen LogP contribution in [0, 0.1) is 0 Å².